The Kier molecular flexibility index (Phi) is 1.89. The van der Waals surface area contributed by atoms with Gasteiger partial charge < -0.3 is 10.2 Å². The Morgan fingerprint density at radius 1 is 1.13 bits per heavy atom. The van der Waals surface area contributed by atoms with Crippen LogP contribution in [-0.4, -0.2) is 4.57 Å². The average molecular weight is 206 g/mol. The van der Waals surface area contributed by atoms with Crippen LogP contribution in [0.5, 0.6) is 0 Å². The second-order valence-electron chi connectivity index (χ2n) is 3.89. The van der Waals surface area contributed by atoms with Gasteiger partial charge in [0.25, 0.3) is 0 Å². The summed E-state index contributed by atoms with van der Waals surface area (Å²) in [6.07, 6.45) is 0. The van der Waals surface area contributed by atoms with E-state index in [1.54, 1.807) is 7.05 Å². The molecule has 4 heteroatoms. The van der Waals surface area contributed by atoms with E-state index in [0.717, 1.165) is 22.2 Å². The molecule has 1 aromatic carbocycles. The van der Waals surface area contributed by atoms with Crippen LogP contribution in [-0.2, 0) is 7.05 Å². The van der Waals surface area contributed by atoms with E-state index in [-0.39, 0.29) is 5.76 Å². The molecule has 0 fully saturated rings. The van der Waals surface area contributed by atoms with Crippen molar-refractivity contribution in [2.45, 2.75) is 20.8 Å². The van der Waals surface area contributed by atoms with Gasteiger partial charge in [-0.25, -0.2) is 4.79 Å². The minimum Gasteiger partial charge on any atom is -0.407 e. The summed E-state index contributed by atoms with van der Waals surface area (Å²) in [7, 11) is 1.70. The third-order valence-electron chi connectivity index (χ3n) is 3.08. The predicted molar refractivity (Wildman–Crippen MR) is 60.1 cm³/mol. The van der Waals surface area contributed by atoms with Crippen molar-refractivity contribution in [1.29, 1.82) is 0 Å². The number of nitrogens with zero attached hydrogens (tertiary/aromatic N) is 1. The van der Waals surface area contributed by atoms with E-state index in [9.17, 15) is 4.79 Å². The van der Waals surface area contributed by atoms with Crippen molar-refractivity contribution < 1.29 is 4.42 Å². The molecular formula is C11H14N2O2. The number of nitrogen functional groups attached to an aromatic ring is 1. The van der Waals surface area contributed by atoms with E-state index in [1.165, 1.54) is 4.57 Å². The molecule has 0 spiro atoms. The van der Waals surface area contributed by atoms with Gasteiger partial charge in [-0.1, -0.05) is 0 Å². The lowest BCUT2D eigenvalue weighted by Gasteiger charge is -2.09. The van der Waals surface area contributed by atoms with Gasteiger partial charge in [-0.3, -0.25) is 4.57 Å². The van der Waals surface area contributed by atoms with E-state index in [2.05, 4.69) is 0 Å². The predicted octanol–water partition coefficient (Wildman–Crippen LogP) is 1.64. The van der Waals surface area contributed by atoms with Gasteiger partial charge in [0, 0.05) is 18.3 Å². The van der Waals surface area contributed by atoms with E-state index in [4.69, 9.17) is 10.2 Å². The number of aryl methyl sites for hydroxylation is 3. The summed E-state index contributed by atoms with van der Waals surface area (Å²) in [6, 6.07) is 0. The molecule has 0 aliphatic heterocycles. The fourth-order valence-electron chi connectivity index (χ4n) is 1.91. The number of anilines is 1. The normalized spacial score (nSPS) is 11.2. The van der Waals surface area contributed by atoms with Crippen LogP contribution >= 0.6 is 0 Å². The van der Waals surface area contributed by atoms with Crippen LogP contribution in [0.15, 0.2) is 9.21 Å². The summed E-state index contributed by atoms with van der Waals surface area (Å²) < 4.78 is 6.69. The van der Waals surface area contributed by atoms with Crippen molar-refractivity contribution >= 4 is 16.8 Å². The van der Waals surface area contributed by atoms with E-state index in [0.29, 0.717) is 11.3 Å². The number of aromatic nitrogens is 1. The fraction of sp³-hybridized carbons (Fsp3) is 0.364. The molecule has 1 aromatic heterocycles. The molecule has 0 aliphatic carbocycles. The minimum absolute atomic E-state index is 0.346. The molecule has 0 atom stereocenters. The molecule has 80 valence electrons. The maximum absolute atomic E-state index is 11.4. The van der Waals surface area contributed by atoms with Gasteiger partial charge in [-0.2, -0.15) is 0 Å². The average Bonchev–Trinajstić information content (AvgIpc) is 2.50. The van der Waals surface area contributed by atoms with Crippen molar-refractivity contribution in [1.82, 2.24) is 4.57 Å². The second kappa shape index (κ2) is 2.89. The van der Waals surface area contributed by atoms with Crippen LogP contribution < -0.4 is 11.5 Å². The third kappa shape index (κ3) is 1.11. The molecule has 0 radical (unpaired) electrons. The molecule has 2 aromatic rings. The zero-order valence-corrected chi connectivity index (χ0v) is 9.34. The summed E-state index contributed by atoms with van der Waals surface area (Å²) in [5.74, 6) is -0.346. The fourth-order valence-corrected chi connectivity index (χ4v) is 1.91. The summed E-state index contributed by atoms with van der Waals surface area (Å²) in [4.78, 5) is 11.4. The number of rotatable bonds is 0. The smallest absolute Gasteiger partial charge is 0.407 e. The van der Waals surface area contributed by atoms with Crippen molar-refractivity contribution in [3.05, 3.63) is 27.2 Å². The van der Waals surface area contributed by atoms with Crippen molar-refractivity contribution in [2.24, 2.45) is 7.05 Å². The highest BCUT2D eigenvalue weighted by molar-refractivity contribution is 5.87. The Labute approximate surface area is 87.3 Å². The molecule has 4 nitrogen and oxygen atoms in total. The summed E-state index contributed by atoms with van der Waals surface area (Å²) >= 11 is 0. The molecule has 0 bridgehead atoms. The monoisotopic (exact) mass is 206 g/mol. The Morgan fingerprint density at radius 2 is 1.73 bits per heavy atom. The minimum atomic E-state index is -0.346. The van der Waals surface area contributed by atoms with Crippen molar-refractivity contribution in [3.8, 4) is 0 Å². The van der Waals surface area contributed by atoms with Crippen LogP contribution in [0, 0.1) is 20.8 Å². The lowest BCUT2D eigenvalue weighted by atomic mass is 10.0. The molecule has 15 heavy (non-hydrogen) atoms. The number of hydrogen-bond donors (Lipinski definition) is 1. The Bertz CT molecular complexity index is 605. The van der Waals surface area contributed by atoms with Crippen LogP contribution in [0.2, 0.25) is 0 Å². The molecule has 0 amide bonds. The largest absolute Gasteiger partial charge is 0.419 e. The van der Waals surface area contributed by atoms with Gasteiger partial charge >= 0.3 is 5.76 Å². The number of oxazole rings is 1. The van der Waals surface area contributed by atoms with Gasteiger partial charge in [0.2, 0.25) is 0 Å². The number of hydrogen-bond acceptors (Lipinski definition) is 3. The lowest BCUT2D eigenvalue weighted by molar-refractivity contribution is 0.526. The highest BCUT2D eigenvalue weighted by atomic mass is 16.4. The molecule has 2 N–H and O–H groups in total. The Balaban J connectivity index is 3.14. The summed E-state index contributed by atoms with van der Waals surface area (Å²) in [6.45, 7) is 5.77. The van der Waals surface area contributed by atoms with E-state index >= 15 is 0 Å². The zero-order valence-electron chi connectivity index (χ0n) is 9.34. The quantitative estimate of drug-likeness (QED) is 0.666. The topological polar surface area (TPSA) is 61.2 Å². The molecule has 0 unspecified atom stereocenters. The molecule has 0 aliphatic rings. The van der Waals surface area contributed by atoms with Crippen LogP contribution in [0.1, 0.15) is 16.7 Å². The van der Waals surface area contributed by atoms with Crippen LogP contribution in [0.3, 0.4) is 0 Å². The molecular weight excluding hydrogens is 192 g/mol. The number of nitrogens with two attached hydrogens (primary N) is 1. The van der Waals surface area contributed by atoms with Crippen LogP contribution in [0.4, 0.5) is 5.69 Å². The van der Waals surface area contributed by atoms with E-state index in [1.807, 2.05) is 20.8 Å². The first-order chi connectivity index (χ1) is 6.95. The number of benzene rings is 1. The first-order valence-electron chi connectivity index (χ1n) is 4.80. The third-order valence-corrected chi connectivity index (χ3v) is 3.08. The highest BCUT2D eigenvalue weighted by Gasteiger charge is 2.16. The van der Waals surface area contributed by atoms with Crippen molar-refractivity contribution in [3.63, 3.8) is 0 Å². The maximum Gasteiger partial charge on any atom is 0.419 e. The second-order valence-corrected chi connectivity index (χ2v) is 3.89. The summed E-state index contributed by atoms with van der Waals surface area (Å²) in [5.41, 5.74) is 10.9. The van der Waals surface area contributed by atoms with Gasteiger partial charge in [0.1, 0.15) is 0 Å². The van der Waals surface area contributed by atoms with E-state index < -0.39 is 0 Å². The Hall–Kier alpha value is -1.71. The zero-order chi connectivity index (χ0) is 11.3. The molecule has 0 saturated heterocycles. The standard InChI is InChI=1S/C11H14N2O2/c1-5-6(2)9-10(7(3)8(5)12)15-11(14)13(9)4/h12H2,1-4H3. The first kappa shape index (κ1) is 9.83. The number of fused-ring (bicyclic) bond motifs is 1. The summed E-state index contributed by atoms with van der Waals surface area (Å²) in [5, 5.41) is 0. The molecule has 1 heterocycles. The van der Waals surface area contributed by atoms with Crippen LogP contribution in [0.25, 0.3) is 11.1 Å². The van der Waals surface area contributed by atoms with Gasteiger partial charge in [-0.15, -0.1) is 0 Å². The Morgan fingerprint density at radius 3 is 2.33 bits per heavy atom. The molecule has 2 rings (SSSR count). The van der Waals surface area contributed by atoms with Gasteiger partial charge in [0.15, 0.2) is 5.58 Å². The maximum atomic E-state index is 11.4. The van der Waals surface area contributed by atoms with Gasteiger partial charge in [0.05, 0.1) is 5.52 Å². The van der Waals surface area contributed by atoms with Crippen molar-refractivity contribution in [2.75, 3.05) is 5.73 Å². The molecule has 0 saturated carbocycles. The highest BCUT2D eigenvalue weighted by Crippen LogP contribution is 2.29. The SMILES string of the molecule is Cc1c(N)c(C)c2oc(=O)n(C)c2c1C. The van der Waals surface area contributed by atoms with Gasteiger partial charge in [-0.05, 0) is 31.9 Å². The lowest BCUT2D eigenvalue weighted by Crippen LogP contribution is -2.09. The first-order valence-corrected chi connectivity index (χ1v) is 4.80.